The zero-order valence-corrected chi connectivity index (χ0v) is 15.1. The fourth-order valence-corrected chi connectivity index (χ4v) is 2.17. The van der Waals surface area contributed by atoms with E-state index in [1.165, 1.54) is 18.5 Å². The predicted octanol–water partition coefficient (Wildman–Crippen LogP) is 3.25. The standard InChI is InChI=1S/C16H19ClN6O3/c1-10(2)7-8-18-14-13(23(25)26)15(20-9-19-14)21-22-16(24)11-3-5-12(17)6-4-11/h3-6,9-10H,7-8H2,1-2H3,(H,22,24)(H2,18,19,20,21). The van der Waals surface area contributed by atoms with Gasteiger partial charge in [-0.25, -0.2) is 9.97 Å². The Morgan fingerprint density at radius 2 is 1.88 bits per heavy atom. The van der Waals surface area contributed by atoms with Crippen LogP contribution >= 0.6 is 11.6 Å². The lowest BCUT2D eigenvalue weighted by Gasteiger charge is -2.11. The molecule has 0 spiro atoms. The van der Waals surface area contributed by atoms with Gasteiger partial charge in [0.05, 0.1) is 4.92 Å². The fraction of sp³-hybridized carbons (Fsp3) is 0.312. The Kier molecular flexibility index (Phi) is 6.67. The summed E-state index contributed by atoms with van der Waals surface area (Å²) in [4.78, 5) is 30.7. The summed E-state index contributed by atoms with van der Waals surface area (Å²) in [6.07, 6.45) is 2.01. The lowest BCUT2D eigenvalue weighted by atomic mass is 10.1. The van der Waals surface area contributed by atoms with Crippen LogP contribution in [0, 0.1) is 16.0 Å². The first-order valence-corrected chi connectivity index (χ1v) is 8.31. The zero-order valence-electron chi connectivity index (χ0n) is 14.3. The highest BCUT2D eigenvalue weighted by Gasteiger charge is 2.23. The van der Waals surface area contributed by atoms with E-state index in [0.717, 1.165) is 6.42 Å². The van der Waals surface area contributed by atoms with E-state index in [1.807, 2.05) is 0 Å². The number of halogens is 1. The number of anilines is 2. The maximum Gasteiger partial charge on any atom is 0.354 e. The molecule has 0 aliphatic rings. The normalized spacial score (nSPS) is 10.5. The minimum Gasteiger partial charge on any atom is -0.364 e. The molecule has 2 aromatic rings. The number of aromatic nitrogens is 2. The summed E-state index contributed by atoms with van der Waals surface area (Å²) in [5.74, 6) is -0.0585. The van der Waals surface area contributed by atoms with Crippen molar-refractivity contribution >= 4 is 34.8 Å². The first-order valence-electron chi connectivity index (χ1n) is 7.93. The second kappa shape index (κ2) is 8.95. The van der Waals surface area contributed by atoms with Crippen molar-refractivity contribution in [1.29, 1.82) is 0 Å². The molecule has 0 bridgehead atoms. The second-order valence-electron chi connectivity index (χ2n) is 5.87. The van der Waals surface area contributed by atoms with Crippen molar-refractivity contribution in [3.8, 4) is 0 Å². The van der Waals surface area contributed by atoms with Gasteiger partial charge in [0.2, 0.25) is 11.6 Å². The molecular weight excluding hydrogens is 360 g/mol. The molecule has 0 radical (unpaired) electrons. The molecule has 1 heterocycles. The van der Waals surface area contributed by atoms with Crippen LogP contribution in [0.3, 0.4) is 0 Å². The highest BCUT2D eigenvalue weighted by atomic mass is 35.5. The Hall–Kier alpha value is -2.94. The minimum absolute atomic E-state index is 0.0916. The molecule has 0 unspecified atom stereocenters. The minimum atomic E-state index is -0.603. The molecule has 26 heavy (non-hydrogen) atoms. The van der Waals surface area contributed by atoms with Crippen LogP contribution in [0.4, 0.5) is 17.3 Å². The summed E-state index contributed by atoms with van der Waals surface area (Å²) < 4.78 is 0. The van der Waals surface area contributed by atoms with Crippen molar-refractivity contribution in [3.63, 3.8) is 0 Å². The number of hydrogen-bond donors (Lipinski definition) is 3. The van der Waals surface area contributed by atoms with E-state index in [0.29, 0.717) is 23.0 Å². The monoisotopic (exact) mass is 378 g/mol. The smallest absolute Gasteiger partial charge is 0.354 e. The van der Waals surface area contributed by atoms with Gasteiger partial charge in [-0.1, -0.05) is 25.4 Å². The third-order valence-electron chi connectivity index (χ3n) is 3.42. The molecule has 2 rings (SSSR count). The Labute approximate surface area is 155 Å². The van der Waals surface area contributed by atoms with Crippen LogP contribution in [0.15, 0.2) is 30.6 Å². The van der Waals surface area contributed by atoms with Gasteiger partial charge in [-0.3, -0.25) is 25.8 Å². The van der Waals surface area contributed by atoms with Gasteiger partial charge in [-0.05, 0) is 36.6 Å². The van der Waals surface area contributed by atoms with Crippen molar-refractivity contribution in [1.82, 2.24) is 15.4 Å². The number of nitro groups is 1. The van der Waals surface area contributed by atoms with Gasteiger partial charge in [0.25, 0.3) is 5.91 Å². The van der Waals surface area contributed by atoms with Crippen LogP contribution in [0.5, 0.6) is 0 Å². The summed E-state index contributed by atoms with van der Waals surface area (Å²) in [7, 11) is 0. The number of amides is 1. The van der Waals surface area contributed by atoms with Gasteiger partial charge < -0.3 is 5.32 Å². The quantitative estimate of drug-likeness (QED) is 0.476. The number of nitrogens with zero attached hydrogens (tertiary/aromatic N) is 3. The van der Waals surface area contributed by atoms with Gasteiger partial charge in [0, 0.05) is 17.1 Å². The van der Waals surface area contributed by atoms with Crippen LogP contribution in [0.1, 0.15) is 30.6 Å². The first-order chi connectivity index (χ1) is 12.4. The molecule has 1 aromatic carbocycles. The number of hydrazine groups is 1. The summed E-state index contributed by atoms with van der Waals surface area (Å²) in [5, 5.41) is 14.8. The Bertz CT molecular complexity index is 782. The summed E-state index contributed by atoms with van der Waals surface area (Å²) in [5.41, 5.74) is 4.86. The van der Waals surface area contributed by atoms with Crippen molar-refractivity contribution in [3.05, 3.63) is 51.3 Å². The zero-order chi connectivity index (χ0) is 19.1. The summed E-state index contributed by atoms with van der Waals surface area (Å²) in [6.45, 7) is 4.64. The van der Waals surface area contributed by atoms with E-state index in [1.54, 1.807) is 12.1 Å². The molecule has 0 saturated carbocycles. The molecule has 1 amide bonds. The maximum atomic E-state index is 12.1. The Morgan fingerprint density at radius 3 is 2.50 bits per heavy atom. The van der Waals surface area contributed by atoms with E-state index >= 15 is 0 Å². The molecule has 1 aromatic heterocycles. The Morgan fingerprint density at radius 1 is 1.23 bits per heavy atom. The van der Waals surface area contributed by atoms with E-state index in [4.69, 9.17) is 11.6 Å². The van der Waals surface area contributed by atoms with Gasteiger partial charge >= 0.3 is 5.69 Å². The fourth-order valence-electron chi connectivity index (χ4n) is 2.04. The SMILES string of the molecule is CC(C)CCNc1ncnc(NNC(=O)c2ccc(Cl)cc2)c1[N+](=O)[O-]. The van der Waals surface area contributed by atoms with Gasteiger partial charge in [0.1, 0.15) is 6.33 Å². The average Bonchev–Trinajstić information content (AvgIpc) is 2.59. The molecule has 3 N–H and O–H groups in total. The number of carbonyl (C=O) groups is 1. The third-order valence-corrected chi connectivity index (χ3v) is 3.67. The number of benzene rings is 1. The lowest BCUT2D eigenvalue weighted by molar-refractivity contribution is -0.383. The molecule has 0 fully saturated rings. The lowest BCUT2D eigenvalue weighted by Crippen LogP contribution is -2.30. The van der Waals surface area contributed by atoms with Crippen LogP contribution in [-0.2, 0) is 0 Å². The molecule has 0 atom stereocenters. The van der Waals surface area contributed by atoms with Crippen molar-refractivity contribution < 1.29 is 9.72 Å². The van der Waals surface area contributed by atoms with Crippen molar-refractivity contribution in [2.24, 2.45) is 5.92 Å². The van der Waals surface area contributed by atoms with Crippen molar-refractivity contribution in [2.45, 2.75) is 20.3 Å². The highest BCUT2D eigenvalue weighted by Crippen LogP contribution is 2.28. The highest BCUT2D eigenvalue weighted by molar-refractivity contribution is 6.30. The van der Waals surface area contributed by atoms with E-state index in [2.05, 4.69) is 40.0 Å². The van der Waals surface area contributed by atoms with Crippen molar-refractivity contribution in [2.75, 3.05) is 17.3 Å². The maximum absolute atomic E-state index is 12.1. The second-order valence-corrected chi connectivity index (χ2v) is 6.31. The molecule has 9 nitrogen and oxygen atoms in total. The van der Waals surface area contributed by atoms with Gasteiger partial charge in [-0.2, -0.15) is 0 Å². The van der Waals surface area contributed by atoms with E-state index < -0.39 is 10.8 Å². The largest absolute Gasteiger partial charge is 0.364 e. The summed E-state index contributed by atoms with van der Waals surface area (Å²) in [6, 6.07) is 6.21. The van der Waals surface area contributed by atoms with E-state index in [-0.39, 0.29) is 17.3 Å². The van der Waals surface area contributed by atoms with Gasteiger partial charge in [-0.15, -0.1) is 0 Å². The topological polar surface area (TPSA) is 122 Å². The van der Waals surface area contributed by atoms with Crippen LogP contribution in [-0.4, -0.2) is 27.3 Å². The molecule has 0 saturated heterocycles. The van der Waals surface area contributed by atoms with E-state index in [9.17, 15) is 14.9 Å². The predicted molar refractivity (Wildman–Crippen MR) is 99.2 cm³/mol. The molecule has 0 aliphatic heterocycles. The Balaban J connectivity index is 2.11. The number of hydrogen-bond acceptors (Lipinski definition) is 7. The molecular formula is C16H19ClN6O3. The van der Waals surface area contributed by atoms with Gasteiger partial charge in [0.15, 0.2) is 0 Å². The number of carbonyl (C=O) groups excluding carboxylic acids is 1. The van der Waals surface area contributed by atoms with Crippen LogP contribution in [0.25, 0.3) is 0 Å². The number of rotatable bonds is 8. The summed E-state index contributed by atoms with van der Waals surface area (Å²) >= 11 is 5.78. The average molecular weight is 379 g/mol. The third kappa shape index (κ3) is 5.28. The molecule has 138 valence electrons. The number of nitrogens with one attached hydrogen (secondary N) is 3. The molecule has 10 heteroatoms. The first kappa shape index (κ1) is 19.4. The molecule has 0 aliphatic carbocycles. The van der Waals surface area contributed by atoms with Crippen LogP contribution in [0.2, 0.25) is 5.02 Å². The van der Waals surface area contributed by atoms with Crippen LogP contribution < -0.4 is 16.2 Å².